The molecule has 0 saturated carbocycles. The molecule has 1 aromatic heterocycles. The lowest BCUT2D eigenvalue weighted by Gasteiger charge is -2.16. The lowest BCUT2D eigenvalue weighted by Crippen LogP contribution is -2.31. The van der Waals surface area contributed by atoms with Crippen molar-refractivity contribution in [2.45, 2.75) is 39.5 Å². The van der Waals surface area contributed by atoms with Crippen LogP contribution in [0.25, 0.3) is 0 Å². The zero-order valence-corrected chi connectivity index (χ0v) is 15.8. The SMILES string of the molecule is COc1cc(C(=O)OC(C)C(=O)Nc2ccnn2C(C)C)ccc1OC(F)F. The number of amides is 1. The van der Waals surface area contributed by atoms with Crippen LogP contribution in [0.15, 0.2) is 30.5 Å². The minimum absolute atomic E-state index is 0.0188. The molecule has 152 valence electrons. The Hall–Kier alpha value is -3.17. The number of aromatic nitrogens is 2. The van der Waals surface area contributed by atoms with E-state index in [0.717, 1.165) is 6.07 Å². The van der Waals surface area contributed by atoms with E-state index in [1.165, 1.54) is 26.2 Å². The highest BCUT2D eigenvalue weighted by Crippen LogP contribution is 2.29. The first-order chi connectivity index (χ1) is 13.2. The van der Waals surface area contributed by atoms with Gasteiger partial charge in [0.05, 0.1) is 18.9 Å². The monoisotopic (exact) mass is 397 g/mol. The quantitative estimate of drug-likeness (QED) is 0.688. The Labute approximate surface area is 160 Å². The number of anilines is 1. The Balaban J connectivity index is 2.05. The molecule has 1 heterocycles. The van der Waals surface area contributed by atoms with Gasteiger partial charge in [0, 0.05) is 12.1 Å². The predicted octanol–water partition coefficient (Wildman–Crippen LogP) is 3.26. The zero-order chi connectivity index (χ0) is 20.8. The van der Waals surface area contributed by atoms with E-state index in [1.54, 1.807) is 16.9 Å². The second-order valence-corrected chi connectivity index (χ2v) is 6.04. The van der Waals surface area contributed by atoms with Crippen LogP contribution in [0.4, 0.5) is 14.6 Å². The first kappa shape index (κ1) is 21.1. The van der Waals surface area contributed by atoms with Gasteiger partial charge in [-0.05, 0) is 39.0 Å². The van der Waals surface area contributed by atoms with Crippen LogP contribution in [0, 0.1) is 0 Å². The maximum absolute atomic E-state index is 12.4. The summed E-state index contributed by atoms with van der Waals surface area (Å²) in [4.78, 5) is 24.6. The molecule has 2 rings (SSSR count). The Bertz CT molecular complexity index is 838. The molecule has 1 N–H and O–H groups in total. The molecule has 0 fully saturated rings. The second-order valence-electron chi connectivity index (χ2n) is 6.04. The van der Waals surface area contributed by atoms with Crippen LogP contribution in [0.3, 0.4) is 0 Å². The highest BCUT2D eigenvalue weighted by atomic mass is 19.3. The van der Waals surface area contributed by atoms with Gasteiger partial charge in [-0.3, -0.25) is 4.79 Å². The minimum atomic E-state index is -3.03. The number of hydrogen-bond acceptors (Lipinski definition) is 6. The summed E-state index contributed by atoms with van der Waals surface area (Å²) >= 11 is 0. The Morgan fingerprint density at radius 3 is 2.46 bits per heavy atom. The van der Waals surface area contributed by atoms with Crippen LogP contribution in [-0.4, -0.2) is 41.5 Å². The van der Waals surface area contributed by atoms with E-state index in [4.69, 9.17) is 9.47 Å². The van der Waals surface area contributed by atoms with Crippen LogP contribution >= 0.6 is 0 Å². The molecule has 8 nitrogen and oxygen atoms in total. The summed E-state index contributed by atoms with van der Waals surface area (Å²) in [7, 11) is 1.25. The Morgan fingerprint density at radius 1 is 1.14 bits per heavy atom. The standard InChI is InChI=1S/C18H21F2N3O5/c1-10(2)23-15(7-8-21-23)22-16(24)11(3)27-17(25)12-5-6-13(28-18(19)20)14(9-12)26-4/h5-11,18H,1-4H3,(H,22,24). The topological polar surface area (TPSA) is 91.7 Å². The molecule has 1 unspecified atom stereocenters. The smallest absolute Gasteiger partial charge is 0.387 e. The number of nitrogens with zero attached hydrogens (tertiary/aromatic N) is 2. The number of rotatable bonds is 8. The van der Waals surface area contributed by atoms with Crippen LogP contribution in [0.1, 0.15) is 37.2 Å². The van der Waals surface area contributed by atoms with E-state index in [-0.39, 0.29) is 23.1 Å². The van der Waals surface area contributed by atoms with Crippen LogP contribution in [0.5, 0.6) is 11.5 Å². The Kier molecular flexibility index (Phi) is 6.91. The highest BCUT2D eigenvalue weighted by molar-refractivity contribution is 5.97. The molecule has 28 heavy (non-hydrogen) atoms. The largest absolute Gasteiger partial charge is 0.493 e. The van der Waals surface area contributed by atoms with Gasteiger partial charge < -0.3 is 19.5 Å². The molecule has 1 amide bonds. The normalized spacial score (nSPS) is 12.0. The lowest BCUT2D eigenvalue weighted by atomic mass is 10.2. The second kappa shape index (κ2) is 9.16. The fourth-order valence-corrected chi connectivity index (χ4v) is 2.32. The number of carbonyl (C=O) groups excluding carboxylic acids is 2. The average molecular weight is 397 g/mol. The number of esters is 1. The number of alkyl halides is 2. The molecule has 10 heteroatoms. The highest BCUT2D eigenvalue weighted by Gasteiger charge is 2.22. The molecular weight excluding hydrogens is 376 g/mol. The molecular formula is C18H21F2N3O5. The summed E-state index contributed by atoms with van der Waals surface area (Å²) < 4.78 is 40.7. The van der Waals surface area contributed by atoms with Gasteiger partial charge in [0.2, 0.25) is 0 Å². The van der Waals surface area contributed by atoms with E-state index in [1.807, 2.05) is 13.8 Å². The fourth-order valence-electron chi connectivity index (χ4n) is 2.32. The van der Waals surface area contributed by atoms with Gasteiger partial charge >= 0.3 is 12.6 Å². The first-order valence-electron chi connectivity index (χ1n) is 8.41. The van der Waals surface area contributed by atoms with Gasteiger partial charge in [-0.2, -0.15) is 13.9 Å². The zero-order valence-electron chi connectivity index (χ0n) is 15.8. The number of ether oxygens (including phenoxy) is 3. The number of halogens is 2. The Morgan fingerprint density at radius 2 is 1.86 bits per heavy atom. The van der Waals surface area contributed by atoms with Crippen molar-refractivity contribution in [2.75, 3.05) is 12.4 Å². The summed E-state index contributed by atoms with van der Waals surface area (Å²) in [5.74, 6) is -1.17. The number of nitrogens with one attached hydrogen (secondary N) is 1. The molecule has 0 aliphatic carbocycles. The van der Waals surface area contributed by atoms with Crippen molar-refractivity contribution in [2.24, 2.45) is 0 Å². The van der Waals surface area contributed by atoms with E-state index >= 15 is 0 Å². The maximum Gasteiger partial charge on any atom is 0.387 e. The molecule has 0 aliphatic rings. The summed E-state index contributed by atoms with van der Waals surface area (Å²) in [5, 5.41) is 6.74. The van der Waals surface area contributed by atoms with Gasteiger partial charge in [-0.15, -0.1) is 0 Å². The number of benzene rings is 1. The van der Waals surface area contributed by atoms with Gasteiger partial charge in [-0.25, -0.2) is 9.48 Å². The van der Waals surface area contributed by atoms with Crippen LogP contribution in [-0.2, 0) is 9.53 Å². The molecule has 0 saturated heterocycles. The van der Waals surface area contributed by atoms with Gasteiger partial charge in [0.15, 0.2) is 17.6 Å². The molecule has 1 atom stereocenters. The summed E-state index contributed by atoms with van der Waals surface area (Å²) in [5.41, 5.74) is 0.0188. The number of methoxy groups -OCH3 is 1. The molecule has 2 aromatic rings. The van der Waals surface area contributed by atoms with Crippen molar-refractivity contribution in [1.82, 2.24) is 9.78 Å². The van der Waals surface area contributed by atoms with Crippen molar-refractivity contribution in [1.29, 1.82) is 0 Å². The van der Waals surface area contributed by atoms with Crippen molar-refractivity contribution in [3.63, 3.8) is 0 Å². The maximum atomic E-state index is 12.4. The van der Waals surface area contributed by atoms with Crippen molar-refractivity contribution >= 4 is 17.7 Å². The third-order valence-corrected chi connectivity index (χ3v) is 3.68. The van der Waals surface area contributed by atoms with Gasteiger partial charge in [0.1, 0.15) is 5.82 Å². The third-order valence-electron chi connectivity index (χ3n) is 3.68. The molecule has 0 aliphatic heterocycles. The van der Waals surface area contributed by atoms with Gasteiger partial charge in [0.25, 0.3) is 5.91 Å². The number of carbonyl (C=O) groups is 2. The average Bonchev–Trinajstić information content (AvgIpc) is 3.09. The van der Waals surface area contributed by atoms with Crippen LogP contribution in [0.2, 0.25) is 0 Å². The summed E-state index contributed by atoms with van der Waals surface area (Å²) in [6.45, 7) is 2.19. The molecule has 1 aromatic carbocycles. The predicted molar refractivity (Wildman–Crippen MR) is 95.7 cm³/mol. The minimum Gasteiger partial charge on any atom is -0.493 e. The lowest BCUT2D eigenvalue weighted by molar-refractivity contribution is -0.123. The molecule has 0 radical (unpaired) electrons. The van der Waals surface area contributed by atoms with Gasteiger partial charge in [-0.1, -0.05) is 0 Å². The summed E-state index contributed by atoms with van der Waals surface area (Å²) in [6.07, 6.45) is 0.438. The van der Waals surface area contributed by atoms with Crippen molar-refractivity contribution in [3.8, 4) is 11.5 Å². The van der Waals surface area contributed by atoms with Crippen molar-refractivity contribution < 1.29 is 32.6 Å². The molecule has 0 spiro atoms. The number of hydrogen-bond donors (Lipinski definition) is 1. The first-order valence-corrected chi connectivity index (χ1v) is 8.41. The van der Waals surface area contributed by atoms with E-state index in [0.29, 0.717) is 5.82 Å². The van der Waals surface area contributed by atoms with E-state index < -0.39 is 24.6 Å². The fraction of sp³-hybridized carbons (Fsp3) is 0.389. The third kappa shape index (κ3) is 5.18. The van der Waals surface area contributed by atoms with E-state index in [2.05, 4.69) is 15.2 Å². The molecule has 0 bridgehead atoms. The van der Waals surface area contributed by atoms with E-state index in [9.17, 15) is 18.4 Å². The van der Waals surface area contributed by atoms with Crippen LogP contribution < -0.4 is 14.8 Å². The summed E-state index contributed by atoms with van der Waals surface area (Å²) in [6, 6.07) is 5.25. The van der Waals surface area contributed by atoms with Crippen molar-refractivity contribution in [3.05, 3.63) is 36.0 Å².